The maximum atomic E-state index is 5.10. The number of para-hydroxylation sites is 4. The van der Waals surface area contributed by atoms with Gasteiger partial charge >= 0.3 is 0 Å². The molecule has 3 nitrogen and oxygen atoms in total. The molecule has 3 aromatic heterocycles. The smallest absolute Gasteiger partial charge is 0.0970 e. The van der Waals surface area contributed by atoms with E-state index in [1.165, 1.54) is 60.1 Å². The first-order chi connectivity index (χ1) is 19.9. The van der Waals surface area contributed by atoms with Crippen molar-refractivity contribution in [3.8, 4) is 11.4 Å². The molecule has 0 bridgehead atoms. The van der Waals surface area contributed by atoms with Crippen molar-refractivity contribution in [1.82, 2.24) is 14.1 Å². The lowest BCUT2D eigenvalue weighted by atomic mass is 10.0. The van der Waals surface area contributed by atoms with Gasteiger partial charge in [-0.3, -0.25) is 4.98 Å². The number of hydrogen-bond acceptors (Lipinski definition) is 1. The minimum absolute atomic E-state index is 0.990. The van der Waals surface area contributed by atoms with Gasteiger partial charge in [-0.25, -0.2) is 0 Å². The SMILES string of the molecule is c1ccc2c(-n3c4ccccc4c4ccccc43)c3ncccc3c(-n3c4ccccc4c4ccccc43)c2c1. The molecular weight excluding hydrogens is 486 g/mol. The third-order valence-corrected chi connectivity index (χ3v) is 8.33. The molecule has 0 N–H and O–H groups in total. The van der Waals surface area contributed by atoms with Gasteiger partial charge in [0.05, 0.1) is 39.0 Å². The van der Waals surface area contributed by atoms with Crippen LogP contribution in [0.25, 0.3) is 76.7 Å². The van der Waals surface area contributed by atoms with Gasteiger partial charge < -0.3 is 9.13 Å². The third-order valence-electron chi connectivity index (χ3n) is 8.33. The van der Waals surface area contributed by atoms with Gasteiger partial charge in [0.2, 0.25) is 0 Å². The van der Waals surface area contributed by atoms with Crippen LogP contribution < -0.4 is 0 Å². The van der Waals surface area contributed by atoms with Crippen LogP contribution in [0.5, 0.6) is 0 Å². The zero-order valence-corrected chi connectivity index (χ0v) is 21.6. The fourth-order valence-corrected chi connectivity index (χ4v) is 6.75. The van der Waals surface area contributed by atoms with Crippen molar-refractivity contribution in [2.24, 2.45) is 0 Å². The van der Waals surface area contributed by atoms with E-state index in [-0.39, 0.29) is 0 Å². The Morgan fingerprint density at radius 2 is 0.675 bits per heavy atom. The van der Waals surface area contributed by atoms with Gasteiger partial charge in [-0.2, -0.15) is 0 Å². The van der Waals surface area contributed by atoms with Crippen molar-refractivity contribution in [1.29, 1.82) is 0 Å². The highest BCUT2D eigenvalue weighted by molar-refractivity contribution is 6.19. The minimum atomic E-state index is 0.990. The molecule has 0 aliphatic rings. The van der Waals surface area contributed by atoms with Crippen LogP contribution in [0.2, 0.25) is 0 Å². The molecule has 0 saturated heterocycles. The Balaban J connectivity index is 1.54. The molecule has 186 valence electrons. The van der Waals surface area contributed by atoms with Crippen molar-refractivity contribution in [2.75, 3.05) is 0 Å². The summed E-state index contributed by atoms with van der Waals surface area (Å²) in [6.45, 7) is 0. The van der Waals surface area contributed by atoms with E-state index >= 15 is 0 Å². The van der Waals surface area contributed by atoms with Crippen molar-refractivity contribution < 1.29 is 0 Å². The number of aromatic nitrogens is 3. The van der Waals surface area contributed by atoms with Gasteiger partial charge in [-0.1, -0.05) is 97.1 Å². The molecule has 3 heterocycles. The minimum Gasteiger partial charge on any atom is -0.308 e. The Bertz CT molecular complexity index is 2110. The summed E-state index contributed by atoms with van der Waals surface area (Å²) in [5, 5.41) is 8.51. The van der Waals surface area contributed by atoms with Crippen molar-refractivity contribution in [3.05, 3.63) is 140 Å². The monoisotopic (exact) mass is 509 g/mol. The molecule has 0 aliphatic heterocycles. The highest BCUT2D eigenvalue weighted by Gasteiger charge is 2.22. The predicted octanol–water partition coefficient (Wildman–Crippen LogP) is 9.58. The van der Waals surface area contributed by atoms with Gasteiger partial charge in [0.25, 0.3) is 0 Å². The summed E-state index contributed by atoms with van der Waals surface area (Å²) < 4.78 is 4.85. The molecule has 3 heteroatoms. The molecule has 0 spiro atoms. The van der Waals surface area contributed by atoms with E-state index in [2.05, 4.69) is 143 Å². The maximum absolute atomic E-state index is 5.10. The summed E-state index contributed by atoms with van der Waals surface area (Å²) in [6.07, 6.45) is 1.92. The van der Waals surface area contributed by atoms with Gasteiger partial charge in [-0.15, -0.1) is 0 Å². The lowest BCUT2D eigenvalue weighted by Crippen LogP contribution is -2.03. The van der Waals surface area contributed by atoms with Gasteiger partial charge in [-0.05, 0) is 36.4 Å². The van der Waals surface area contributed by atoms with Crippen LogP contribution in [-0.4, -0.2) is 14.1 Å². The van der Waals surface area contributed by atoms with Crippen LogP contribution in [0.15, 0.2) is 140 Å². The Kier molecular flexibility index (Phi) is 4.33. The van der Waals surface area contributed by atoms with Crippen LogP contribution in [0.1, 0.15) is 0 Å². The van der Waals surface area contributed by atoms with Gasteiger partial charge in [0.15, 0.2) is 0 Å². The zero-order chi connectivity index (χ0) is 26.2. The van der Waals surface area contributed by atoms with Crippen LogP contribution in [-0.2, 0) is 0 Å². The van der Waals surface area contributed by atoms with E-state index in [9.17, 15) is 0 Å². The van der Waals surface area contributed by atoms with Crippen LogP contribution in [0.4, 0.5) is 0 Å². The number of pyridine rings is 1. The average Bonchev–Trinajstić information content (AvgIpc) is 3.53. The average molecular weight is 510 g/mol. The highest BCUT2D eigenvalue weighted by atomic mass is 15.0. The molecular formula is C37H23N3. The third kappa shape index (κ3) is 2.76. The second-order valence-corrected chi connectivity index (χ2v) is 10.4. The molecule has 9 rings (SSSR count). The normalized spacial score (nSPS) is 12.0. The summed E-state index contributed by atoms with van der Waals surface area (Å²) in [5.74, 6) is 0. The van der Waals surface area contributed by atoms with E-state index < -0.39 is 0 Å². The second kappa shape index (κ2) is 8.05. The van der Waals surface area contributed by atoms with Crippen molar-refractivity contribution in [2.45, 2.75) is 0 Å². The van der Waals surface area contributed by atoms with Crippen molar-refractivity contribution in [3.63, 3.8) is 0 Å². The van der Waals surface area contributed by atoms with E-state index in [0.29, 0.717) is 0 Å². The first-order valence-electron chi connectivity index (χ1n) is 13.7. The standard InChI is InChI=1S/C37H23N3/c1-2-17-29-28(16-1)36(39-31-19-7-3-12-24(31)25-13-4-8-20-32(25)39)30-18-11-23-38-35(30)37(29)40-33-21-9-5-14-26(33)27-15-6-10-22-34(27)40/h1-23H. The van der Waals surface area contributed by atoms with E-state index in [1.807, 2.05) is 6.20 Å². The molecule has 0 fully saturated rings. The fraction of sp³-hybridized carbons (Fsp3) is 0. The lowest BCUT2D eigenvalue weighted by molar-refractivity contribution is 1.18. The van der Waals surface area contributed by atoms with Gasteiger partial charge in [0.1, 0.15) is 0 Å². The predicted molar refractivity (Wildman–Crippen MR) is 168 cm³/mol. The van der Waals surface area contributed by atoms with Crippen molar-refractivity contribution >= 4 is 65.3 Å². The molecule has 0 aliphatic carbocycles. The molecule has 9 aromatic rings. The first-order valence-corrected chi connectivity index (χ1v) is 13.7. The molecule has 0 radical (unpaired) electrons. The molecule has 0 amide bonds. The second-order valence-electron chi connectivity index (χ2n) is 10.4. The molecule has 0 atom stereocenters. The topological polar surface area (TPSA) is 22.8 Å². The number of nitrogens with zero attached hydrogens (tertiary/aromatic N) is 3. The zero-order valence-electron chi connectivity index (χ0n) is 21.6. The van der Waals surface area contributed by atoms with Crippen LogP contribution in [0.3, 0.4) is 0 Å². The van der Waals surface area contributed by atoms with E-state index in [4.69, 9.17) is 4.98 Å². The number of rotatable bonds is 2. The molecule has 6 aromatic carbocycles. The number of benzene rings is 6. The Morgan fingerprint density at radius 1 is 0.325 bits per heavy atom. The summed E-state index contributed by atoms with van der Waals surface area (Å²) in [5.41, 5.74) is 8.04. The fourth-order valence-electron chi connectivity index (χ4n) is 6.75. The van der Waals surface area contributed by atoms with Gasteiger partial charge in [0, 0.05) is 43.9 Å². The lowest BCUT2D eigenvalue weighted by Gasteiger charge is -2.20. The van der Waals surface area contributed by atoms with Crippen LogP contribution >= 0.6 is 0 Å². The quantitative estimate of drug-likeness (QED) is 0.213. The first kappa shape index (κ1) is 21.5. The number of hydrogen-bond donors (Lipinski definition) is 0. The molecule has 0 unspecified atom stereocenters. The highest BCUT2D eigenvalue weighted by Crippen LogP contribution is 2.43. The Morgan fingerprint density at radius 3 is 1.15 bits per heavy atom. The van der Waals surface area contributed by atoms with Crippen LogP contribution in [0, 0.1) is 0 Å². The Hall–Kier alpha value is -5.41. The number of fused-ring (bicyclic) bond motifs is 8. The summed E-state index contributed by atoms with van der Waals surface area (Å²) in [4.78, 5) is 5.10. The summed E-state index contributed by atoms with van der Waals surface area (Å²) >= 11 is 0. The maximum Gasteiger partial charge on any atom is 0.0970 e. The largest absolute Gasteiger partial charge is 0.308 e. The molecule has 0 saturated carbocycles. The Labute approximate surface area is 230 Å². The summed E-state index contributed by atoms with van der Waals surface area (Å²) in [6, 6.07) is 47.9. The molecule has 40 heavy (non-hydrogen) atoms. The summed E-state index contributed by atoms with van der Waals surface area (Å²) in [7, 11) is 0. The van der Waals surface area contributed by atoms with E-state index in [0.717, 1.165) is 16.6 Å². The van der Waals surface area contributed by atoms with E-state index in [1.54, 1.807) is 0 Å².